The van der Waals surface area contributed by atoms with Crippen LogP contribution in [-0.2, 0) is 16.0 Å². The molecule has 0 aromatic heterocycles. The highest BCUT2D eigenvalue weighted by atomic mass is 79.9. The van der Waals surface area contributed by atoms with Gasteiger partial charge in [-0.3, -0.25) is 9.59 Å². The number of amides is 2. The van der Waals surface area contributed by atoms with Crippen LogP contribution in [0.25, 0.3) is 0 Å². The van der Waals surface area contributed by atoms with E-state index in [1.807, 2.05) is 6.07 Å². The predicted molar refractivity (Wildman–Crippen MR) is 90.5 cm³/mol. The van der Waals surface area contributed by atoms with Gasteiger partial charge in [0.25, 0.3) is 0 Å². The van der Waals surface area contributed by atoms with Gasteiger partial charge < -0.3 is 10.6 Å². The van der Waals surface area contributed by atoms with E-state index in [2.05, 4.69) is 26.6 Å². The molecule has 0 aliphatic rings. The van der Waals surface area contributed by atoms with Gasteiger partial charge in [0.2, 0.25) is 11.8 Å². The molecule has 2 rings (SSSR count). The summed E-state index contributed by atoms with van der Waals surface area (Å²) in [5, 5.41) is 5.33. The van der Waals surface area contributed by atoms with E-state index in [0.717, 1.165) is 10.0 Å². The molecule has 0 saturated heterocycles. The van der Waals surface area contributed by atoms with Crippen molar-refractivity contribution >= 4 is 33.4 Å². The second-order valence-electron chi connectivity index (χ2n) is 4.96. The van der Waals surface area contributed by atoms with Crippen LogP contribution in [0.1, 0.15) is 12.0 Å². The molecule has 23 heavy (non-hydrogen) atoms. The quantitative estimate of drug-likeness (QED) is 0.757. The lowest BCUT2D eigenvalue weighted by Gasteiger charge is -2.07. The Hall–Kier alpha value is -2.21. The third kappa shape index (κ3) is 6.20. The van der Waals surface area contributed by atoms with Crippen LogP contribution in [0.5, 0.6) is 0 Å². The average Bonchev–Trinajstić information content (AvgIpc) is 2.49. The highest BCUT2D eigenvalue weighted by molar-refractivity contribution is 9.10. The zero-order chi connectivity index (χ0) is 16.7. The SMILES string of the molecule is O=C(CC(=O)Nc1cccc(Br)c1)NCCc1ccc(F)cc1. The Kier molecular flexibility index (Phi) is 6.29. The van der Waals surface area contributed by atoms with E-state index in [9.17, 15) is 14.0 Å². The lowest BCUT2D eigenvalue weighted by Crippen LogP contribution is -2.29. The van der Waals surface area contributed by atoms with Crippen LogP contribution in [-0.4, -0.2) is 18.4 Å². The van der Waals surface area contributed by atoms with Gasteiger partial charge in [-0.15, -0.1) is 0 Å². The van der Waals surface area contributed by atoms with Gasteiger partial charge in [-0.05, 0) is 42.3 Å². The lowest BCUT2D eigenvalue weighted by atomic mass is 10.1. The first-order valence-corrected chi connectivity index (χ1v) is 7.89. The van der Waals surface area contributed by atoms with Crippen molar-refractivity contribution in [3.8, 4) is 0 Å². The molecule has 2 amide bonds. The molecule has 0 atom stereocenters. The van der Waals surface area contributed by atoms with Crippen molar-refractivity contribution in [2.45, 2.75) is 12.8 Å². The van der Waals surface area contributed by atoms with E-state index in [1.165, 1.54) is 12.1 Å². The van der Waals surface area contributed by atoms with Crippen LogP contribution in [0.4, 0.5) is 10.1 Å². The monoisotopic (exact) mass is 378 g/mol. The predicted octanol–water partition coefficient (Wildman–Crippen LogP) is 3.28. The van der Waals surface area contributed by atoms with Crippen LogP contribution >= 0.6 is 15.9 Å². The Morgan fingerprint density at radius 2 is 1.78 bits per heavy atom. The van der Waals surface area contributed by atoms with Crippen LogP contribution in [0.15, 0.2) is 53.0 Å². The summed E-state index contributed by atoms with van der Waals surface area (Å²) >= 11 is 3.31. The Morgan fingerprint density at radius 1 is 1.04 bits per heavy atom. The van der Waals surface area contributed by atoms with Crippen molar-refractivity contribution in [1.29, 1.82) is 0 Å². The first-order chi connectivity index (χ1) is 11.0. The summed E-state index contributed by atoms with van der Waals surface area (Å²) in [6.07, 6.45) is 0.342. The molecule has 120 valence electrons. The fourth-order valence-electron chi connectivity index (χ4n) is 1.98. The van der Waals surface area contributed by atoms with Crippen LogP contribution in [0.2, 0.25) is 0 Å². The summed E-state index contributed by atoms with van der Waals surface area (Å²) in [4.78, 5) is 23.5. The van der Waals surface area contributed by atoms with E-state index in [-0.39, 0.29) is 24.1 Å². The van der Waals surface area contributed by atoms with E-state index in [1.54, 1.807) is 30.3 Å². The van der Waals surface area contributed by atoms with E-state index in [0.29, 0.717) is 18.7 Å². The second kappa shape index (κ2) is 8.43. The summed E-state index contributed by atoms with van der Waals surface area (Å²) in [5.41, 5.74) is 1.55. The standard InChI is InChI=1S/C17H16BrFN2O2/c18-13-2-1-3-15(10-13)21-17(23)11-16(22)20-9-8-12-4-6-14(19)7-5-12/h1-7,10H,8-9,11H2,(H,20,22)(H,21,23). The average molecular weight is 379 g/mol. The Labute approximate surface area is 142 Å². The Morgan fingerprint density at radius 3 is 2.48 bits per heavy atom. The number of benzene rings is 2. The number of rotatable bonds is 6. The zero-order valence-electron chi connectivity index (χ0n) is 12.3. The summed E-state index contributed by atoms with van der Waals surface area (Å²) in [6, 6.07) is 13.2. The smallest absolute Gasteiger partial charge is 0.233 e. The number of carbonyl (C=O) groups excluding carboxylic acids is 2. The maximum atomic E-state index is 12.8. The lowest BCUT2D eigenvalue weighted by molar-refractivity contribution is -0.126. The minimum Gasteiger partial charge on any atom is -0.355 e. The fourth-order valence-corrected chi connectivity index (χ4v) is 2.38. The minimum absolute atomic E-state index is 0.240. The molecular weight excluding hydrogens is 363 g/mol. The van der Waals surface area contributed by atoms with Gasteiger partial charge in [0.05, 0.1) is 0 Å². The number of hydrogen-bond acceptors (Lipinski definition) is 2. The molecule has 0 spiro atoms. The Balaban J connectivity index is 1.71. The molecule has 0 saturated carbocycles. The van der Waals surface area contributed by atoms with Crippen molar-refractivity contribution in [3.05, 3.63) is 64.4 Å². The molecule has 4 nitrogen and oxygen atoms in total. The molecule has 2 aromatic carbocycles. The fraction of sp³-hybridized carbons (Fsp3) is 0.176. The third-order valence-electron chi connectivity index (χ3n) is 3.08. The molecule has 6 heteroatoms. The number of halogens is 2. The van der Waals surface area contributed by atoms with Crippen molar-refractivity contribution in [2.24, 2.45) is 0 Å². The molecule has 0 fully saturated rings. The van der Waals surface area contributed by atoms with Gasteiger partial charge in [0.1, 0.15) is 12.2 Å². The maximum absolute atomic E-state index is 12.8. The van der Waals surface area contributed by atoms with Gasteiger partial charge in [0.15, 0.2) is 0 Å². The second-order valence-corrected chi connectivity index (χ2v) is 5.88. The van der Waals surface area contributed by atoms with Crippen molar-refractivity contribution in [1.82, 2.24) is 5.32 Å². The van der Waals surface area contributed by atoms with Crippen LogP contribution in [0.3, 0.4) is 0 Å². The summed E-state index contributed by atoms with van der Waals surface area (Å²) in [5.74, 6) is -1.01. The number of anilines is 1. The number of carbonyl (C=O) groups is 2. The van der Waals surface area contributed by atoms with Gasteiger partial charge in [-0.2, -0.15) is 0 Å². The molecule has 0 radical (unpaired) electrons. The molecule has 0 aliphatic heterocycles. The maximum Gasteiger partial charge on any atom is 0.233 e. The molecule has 0 heterocycles. The zero-order valence-corrected chi connectivity index (χ0v) is 13.9. The Bertz CT molecular complexity index is 689. The molecule has 2 aromatic rings. The van der Waals surface area contributed by atoms with Crippen molar-refractivity contribution in [2.75, 3.05) is 11.9 Å². The van der Waals surface area contributed by atoms with Gasteiger partial charge in [0, 0.05) is 16.7 Å². The topological polar surface area (TPSA) is 58.2 Å². The van der Waals surface area contributed by atoms with Crippen LogP contribution in [0, 0.1) is 5.82 Å². The molecule has 0 bridgehead atoms. The largest absolute Gasteiger partial charge is 0.355 e. The van der Waals surface area contributed by atoms with Gasteiger partial charge in [-0.1, -0.05) is 34.1 Å². The summed E-state index contributed by atoms with van der Waals surface area (Å²) in [6.45, 7) is 0.397. The highest BCUT2D eigenvalue weighted by Gasteiger charge is 2.09. The van der Waals surface area contributed by atoms with Crippen molar-refractivity contribution < 1.29 is 14.0 Å². The van der Waals surface area contributed by atoms with E-state index < -0.39 is 0 Å². The van der Waals surface area contributed by atoms with Gasteiger partial charge in [-0.25, -0.2) is 4.39 Å². The molecular formula is C17H16BrFN2O2. The summed E-state index contributed by atoms with van der Waals surface area (Å²) < 4.78 is 13.6. The van der Waals surface area contributed by atoms with E-state index >= 15 is 0 Å². The van der Waals surface area contributed by atoms with Crippen molar-refractivity contribution in [3.63, 3.8) is 0 Å². The normalized spacial score (nSPS) is 10.2. The molecule has 2 N–H and O–H groups in total. The highest BCUT2D eigenvalue weighted by Crippen LogP contribution is 2.15. The summed E-state index contributed by atoms with van der Waals surface area (Å²) in [7, 11) is 0. The third-order valence-corrected chi connectivity index (χ3v) is 3.57. The first-order valence-electron chi connectivity index (χ1n) is 7.09. The number of nitrogens with one attached hydrogen (secondary N) is 2. The van der Waals surface area contributed by atoms with Crippen LogP contribution < -0.4 is 10.6 Å². The number of hydrogen-bond donors (Lipinski definition) is 2. The molecule has 0 aliphatic carbocycles. The minimum atomic E-state index is -0.373. The first kappa shape index (κ1) is 17.1. The van der Waals surface area contributed by atoms with E-state index in [4.69, 9.17) is 0 Å². The van der Waals surface area contributed by atoms with Gasteiger partial charge >= 0.3 is 0 Å². The molecule has 0 unspecified atom stereocenters.